The van der Waals surface area contributed by atoms with E-state index in [1.165, 1.54) is 42.6 Å². The zero-order chi connectivity index (χ0) is 29.1. The summed E-state index contributed by atoms with van der Waals surface area (Å²) < 4.78 is 11.0. The van der Waals surface area contributed by atoms with Crippen LogP contribution >= 0.6 is 11.3 Å². The molecule has 204 valence electrons. The van der Waals surface area contributed by atoms with E-state index in [1.54, 1.807) is 42.5 Å². The maximum Gasteiger partial charge on any atom is 0.355 e. The van der Waals surface area contributed by atoms with Crippen molar-refractivity contribution < 1.29 is 23.9 Å². The van der Waals surface area contributed by atoms with Crippen molar-refractivity contribution in [2.24, 2.45) is 5.73 Å². The molecule has 0 bridgehead atoms. The number of fused-ring (bicyclic) bond motifs is 1. The molecule has 1 aromatic heterocycles. The highest BCUT2D eigenvalue weighted by molar-refractivity contribution is 7.22. The Kier molecular flexibility index (Phi) is 7.49. The first-order valence-corrected chi connectivity index (χ1v) is 13.1. The largest absolute Gasteiger partial charge is 0.466 e. The molecule has 4 aromatic rings. The number of hydrogen-bond acceptors (Lipinski definition) is 10. The average Bonchev–Trinajstić information content (AvgIpc) is 3.42. The molecule has 41 heavy (non-hydrogen) atoms. The number of amides is 1. The highest BCUT2D eigenvalue weighted by Crippen LogP contribution is 2.43. The second-order valence-corrected chi connectivity index (χ2v) is 9.85. The number of methoxy groups -OCH3 is 2. The molecule has 1 aliphatic heterocycles. The SMILES string of the molecule is COC(=O)C1=C(C(=O)OC)N(c2ccc(C(=O)Nc3nc4ccccc4s3)cc2)C(N)=C(C#N)C1c1ccccc1. The number of benzene rings is 3. The molecule has 0 saturated carbocycles. The molecule has 3 N–H and O–H groups in total. The zero-order valence-electron chi connectivity index (χ0n) is 22.0. The molecule has 3 aromatic carbocycles. The molecule has 1 aliphatic rings. The number of carbonyl (C=O) groups is 3. The van der Waals surface area contributed by atoms with E-state index in [0.29, 0.717) is 21.9 Å². The summed E-state index contributed by atoms with van der Waals surface area (Å²) in [4.78, 5) is 45.0. The first kappa shape index (κ1) is 27.1. The van der Waals surface area contributed by atoms with Crippen molar-refractivity contribution in [3.63, 3.8) is 0 Å². The molecule has 0 saturated heterocycles. The lowest BCUT2D eigenvalue weighted by atomic mass is 9.81. The van der Waals surface area contributed by atoms with Crippen molar-refractivity contribution in [1.29, 1.82) is 5.26 Å². The molecule has 1 atom stereocenters. The Labute approximate surface area is 238 Å². The number of carbonyl (C=O) groups excluding carboxylic acids is 3. The fourth-order valence-electron chi connectivity index (χ4n) is 4.64. The van der Waals surface area contributed by atoms with Gasteiger partial charge in [0.15, 0.2) is 5.13 Å². The van der Waals surface area contributed by atoms with Gasteiger partial charge in [0.05, 0.1) is 47.6 Å². The number of hydrogen-bond donors (Lipinski definition) is 2. The van der Waals surface area contributed by atoms with Crippen molar-refractivity contribution in [3.05, 3.63) is 113 Å². The Morgan fingerprint density at radius 3 is 2.24 bits per heavy atom. The van der Waals surface area contributed by atoms with E-state index in [0.717, 1.165) is 10.2 Å². The Morgan fingerprint density at radius 2 is 1.61 bits per heavy atom. The molecular weight excluding hydrogens is 542 g/mol. The summed E-state index contributed by atoms with van der Waals surface area (Å²) >= 11 is 1.35. The zero-order valence-corrected chi connectivity index (χ0v) is 22.8. The molecule has 1 amide bonds. The number of thiazole rings is 1. The van der Waals surface area contributed by atoms with Crippen molar-refractivity contribution in [2.45, 2.75) is 5.92 Å². The summed E-state index contributed by atoms with van der Waals surface area (Å²) in [6.07, 6.45) is 0. The summed E-state index contributed by atoms with van der Waals surface area (Å²) in [5, 5.41) is 13.4. The lowest BCUT2D eigenvalue weighted by Crippen LogP contribution is -2.40. The van der Waals surface area contributed by atoms with E-state index in [1.807, 2.05) is 24.3 Å². The van der Waals surface area contributed by atoms with E-state index in [2.05, 4.69) is 16.4 Å². The maximum absolute atomic E-state index is 13.2. The number of esters is 2. The number of ether oxygens (including phenoxy) is 2. The minimum absolute atomic E-state index is 0.0434. The molecule has 0 spiro atoms. The predicted octanol–water partition coefficient (Wildman–Crippen LogP) is 4.45. The number of para-hydroxylation sites is 1. The molecule has 2 heterocycles. The molecule has 1 unspecified atom stereocenters. The fraction of sp³-hybridized carbons (Fsp3) is 0.100. The van der Waals surface area contributed by atoms with E-state index in [-0.39, 0.29) is 22.7 Å². The second-order valence-electron chi connectivity index (χ2n) is 8.82. The van der Waals surface area contributed by atoms with Crippen molar-refractivity contribution >= 4 is 50.2 Å². The minimum Gasteiger partial charge on any atom is -0.466 e. The van der Waals surface area contributed by atoms with Gasteiger partial charge in [0.2, 0.25) is 0 Å². The highest BCUT2D eigenvalue weighted by atomic mass is 32.1. The Morgan fingerprint density at radius 1 is 0.951 bits per heavy atom. The van der Waals surface area contributed by atoms with Crippen molar-refractivity contribution in [1.82, 2.24) is 4.98 Å². The summed E-state index contributed by atoms with van der Waals surface area (Å²) in [6, 6.07) is 24.6. The monoisotopic (exact) mass is 565 g/mol. The van der Waals surface area contributed by atoms with Crippen LogP contribution in [0.25, 0.3) is 10.2 Å². The summed E-state index contributed by atoms with van der Waals surface area (Å²) in [6.45, 7) is 0. The third kappa shape index (κ3) is 4.99. The van der Waals surface area contributed by atoms with Gasteiger partial charge >= 0.3 is 11.9 Å². The van der Waals surface area contributed by atoms with Crippen molar-refractivity contribution in [2.75, 3.05) is 24.4 Å². The van der Waals surface area contributed by atoms with Crippen molar-refractivity contribution in [3.8, 4) is 6.07 Å². The van der Waals surface area contributed by atoms with Gasteiger partial charge in [0.25, 0.3) is 5.91 Å². The van der Waals surface area contributed by atoms with Crippen LogP contribution in [0.5, 0.6) is 0 Å². The summed E-state index contributed by atoms with van der Waals surface area (Å²) in [5.74, 6) is -3.11. The average molecular weight is 566 g/mol. The van der Waals surface area contributed by atoms with Crippen LogP contribution in [-0.4, -0.2) is 37.0 Å². The van der Waals surface area contributed by atoms with E-state index in [4.69, 9.17) is 15.2 Å². The summed E-state index contributed by atoms with van der Waals surface area (Å²) in [5.41, 5.74) is 8.24. The van der Waals surface area contributed by atoms with Gasteiger partial charge < -0.3 is 15.2 Å². The summed E-state index contributed by atoms with van der Waals surface area (Å²) in [7, 11) is 2.36. The number of aromatic nitrogens is 1. The molecule has 11 heteroatoms. The van der Waals surface area contributed by atoms with E-state index < -0.39 is 23.8 Å². The van der Waals surface area contributed by atoms with Crippen LogP contribution in [0, 0.1) is 11.3 Å². The lowest BCUT2D eigenvalue weighted by Gasteiger charge is -2.35. The van der Waals surface area contributed by atoms with Gasteiger partial charge in [0.1, 0.15) is 11.5 Å². The van der Waals surface area contributed by atoms with Gasteiger partial charge in [-0.1, -0.05) is 53.8 Å². The number of anilines is 2. The molecule has 0 aliphatic carbocycles. The van der Waals surface area contributed by atoms with Gasteiger partial charge in [-0.05, 0) is 42.0 Å². The van der Waals surface area contributed by atoms with Crippen LogP contribution in [0.15, 0.2) is 102 Å². The first-order chi connectivity index (χ1) is 19.9. The van der Waals surface area contributed by atoms with Crippen LogP contribution in [0.1, 0.15) is 21.8 Å². The maximum atomic E-state index is 13.2. The smallest absolute Gasteiger partial charge is 0.355 e. The van der Waals surface area contributed by atoms with Gasteiger partial charge in [0, 0.05) is 11.3 Å². The van der Waals surface area contributed by atoms with E-state index in [9.17, 15) is 19.6 Å². The number of nitrogens with zero attached hydrogens (tertiary/aromatic N) is 3. The minimum atomic E-state index is -0.974. The quantitative estimate of drug-likeness (QED) is 0.324. The van der Waals surface area contributed by atoms with E-state index >= 15 is 0 Å². The number of rotatable bonds is 6. The Bertz CT molecular complexity index is 1740. The standard InChI is InChI=1S/C30H23N5O5S/c1-39-28(37)24-23(17-8-4-3-5-9-17)20(16-31)26(32)35(25(24)29(38)40-2)19-14-12-18(13-15-19)27(36)34-30-33-21-10-6-7-11-22(21)41-30/h3-15,23H,32H2,1-2H3,(H,33,34,36). The number of nitrogens with two attached hydrogens (primary N) is 1. The number of nitriles is 1. The molecule has 5 rings (SSSR count). The molecule has 10 nitrogen and oxygen atoms in total. The first-order valence-electron chi connectivity index (χ1n) is 12.3. The van der Waals surface area contributed by atoms with Crippen LogP contribution < -0.4 is 16.0 Å². The Balaban J connectivity index is 1.56. The predicted molar refractivity (Wildman–Crippen MR) is 154 cm³/mol. The normalized spacial score (nSPS) is 15.0. The van der Waals surface area contributed by atoms with Crippen LogP contribution in [0.3, 0.4) is 0 Å². The van der Waals surface area contributed by atoms with Gasteiger partial charge in [-0.15, -0.1) is 0 Å². The topological polar surface area (TPSA) is 148 Å². The fourth-order valence-corrected chi connectivity index (χ4v) is 5.50. The number of allylic oxidation sites excluding steroid dienone is 1. The molecular formula is C30H23N5O5S. The highest BCUT2D eigenvalue weighted by Gasteiger charge is 2.43. The second kappa shape index (κ2) is 11.3. The molecule has 0 radical (unpaired) electrons. The van der Waals surface area contributed by atoms with Gasteiger partial charge in [-0.3, -0.25) is 15.0 Å². The lowest BCUT2D eigenvalue weighted by molar-refractivity contribution is -0.139. The Hall–Kier alpha value is -5.47. The van der Waals surface area contributed by atoms with Crippen LogP contribution in [0.4, 0.5) is 10.8 Å². The van der Waals surface area contributed by atoms with Crippen LogP contribution in [-0.2, 0) is 19.1 Å². The third-order valence-electron chi connectivity index (χ3n) is 6.51. The third-order valence-corrected chi connectivity index (χ3v) is 7.46. The van der Waals surface area contributed by atoms with Crippen LogP contribution in [0.2, 0.25) is 0 Å². The number of nitrogens with one attached hydrogen (secondary N) is 1. The van der Waals surface area contributed by atoms with Gasteiger partial charge in [-0.2, -0.15) is 5.26 Å². The van der Waals surface area contributed by atoms with Gasteiger partial charge in [-0.25, -0.2) is 14.6 Å². The molecule has 0 fully saturated rings.